The number of hydrogen-bond acceptors (Lipinski definition) is 5. The van der Waals surface area contributed by atoms with Gasteiger partial charge in [0.05, 0.1) is 18.7 Å². The molecule has 0 aromatic heterocycles. The van der Waals surface area contributed by atoms with E-state index in [9.17, 15) is 17.2 Å². The lowest BCUT2D eigenvalue weighted by Crippen LogP contribution is -2.32. The molecule has 0 saturated heterocycles. The molecule has 0 unspecified atom stereocenters. The Labute approximate surface area is 189 Å². The summed E-state index contributed by atoms with van der Waals surface area (Å²) in [5.74, 6) is -0.536. The largest absolute Gasteiger partial charge is 0.493 e. The Morgan fingerprint density at radius 3 is 2.39 bits per heavy atom. The maximum atomic E-state index is 13.9. The van der Waals surface area contributed by atoms with E-state index in [2.05, 4.69) is 25.6 Å². The highest BCUT2D eigenvalue weighted by Gasteiger charge is 2.22. The van der Waals surface area contributed by atoms with Gasteiger partial charge in [-0.05, 0) is 71.1 Å². The molecule has 0 aliphatic carbocycles. The van der Waals surface area contributed by atoms with Crippen molar-refractivity contribution in [2.24, 2.45) is 0 Å². The SMILES string of the molecule is COc1cc2c(cc1OC)CN(CCCCNS(=O)(=O)c1cc(Br)c(F)cc1F)CC2. The highest BCUT2D eigenvalue weighted by molar-refractivity contribution is 9.10. The number of hydrogen-bond donors (Lipinski definition) is 1. The Hall–Kier alpha value is -1.75. The van der Waals surface area contributed by atoms with E-state index in [0.29, 0.717) is 18.2 Å². The zero-order valence-electron chi connectivity index (χ0n) is 17.4. The average Bonchev–Trinajstić information content (AvgIpc) is 2.74. The van der Waals surface area contributed by atoms with Crippen LogP contribution in [-0.4, -0.2) is 47.2 Å². The van der Waals surface area contributed by atoms with Crippen LogP contribution in [0.4, 0.5) is 8.78 Å². The summed E-state index contributed by atoms with van der Waals surface area (Å²) in [7, 11) is -0.815. The lowest BCUT2D eigenvalue weighted by atomic mass is 9.98. The van der Waals surface area contributed by atoms with Crippen LogP contribution in [0.1, 0.15) is 24.0 Å². The highest BCUT2D eigenvalue weighted by atomic mass is 79.9. The molecule has 10 heteroatoms. The summed E-state index contributed by atoms with van der Waals surface area (Å²) >= 11 is 2.88. The van der Waals surface area contributed by atoms with Crippen LogP contribution in [0.3, 0.4) is 0 Å². The molecule has 0 spiro atoms. The lowest BCUT2D eigenvalue weighted by molar-refractivity contribution is 0.248. The molecule has 1 N–H and O–H groups in total. The summed E-state index contributed by atoms with van der Waals surface area (Å²) in [5, 5.41) is 0. The molecule has 2 aromatic carbocycles. The van der Waals surface area contributed by atoms with E-state index in [1.54, 1.807) is 14.2 Å². The van der Waals surface area contributed by atoms with E-state index >= 15 is 0 Å². The number of sulfonamides is 1. The number of nitrogens with one attached hydrogen (secondary N) is 1. The first-order valence-corrected chi connectivity index (χ1v) is 12.1. The van der Waals surface area contributed by atoms with Crippen LogP contribution in [0.5, 0.6) is 11.5 Å². The van der Waals surface area contributed by atoms with E-state index in [4.69, 9.17) is 9.47 Å². The quantitative estimate of drug-likeness (QED) is 0.403. The summed E-state index contributed by atoms with van der Waals surface area (Å²) in [5.41, 5.74) is 2.44. The highest BCUT2D eigenvalue weighted by Crippen LogP contribution is 2.33. The summed E-state index contributed by atoms with van der Waals surface area (Å²) in [6.45, 7) is 2.68. The van der Waals surface area contributed by atoms with Gasteiger partial charge in [0.15, 0.2) is 11.5 Å². The summed E-state index contributed by atoms with van der Waals surface area (Å²) in [4.78, 5) is 1.73. The maximum absolute atomic E-state index is 13.9. The Morgan fingerprint density at radius 1 is 1.03 bits per heavy atom. The molecular weight excluding hydrogens is 494 g/mol. The van der Waals surface area contributed by atoms with Gasteiger partial charge in [-0.25, -0.2) is 21.9 Å². The van der Waals surface area contributed by atoms with Crippen molar-refractivity contribution in [1.82, 2.24) is 9.62 Å². The molecule has 1 heterocycles. The van der Waals surface area contributed by atoms with Crippen LogP contribution in [0, 0.1) is 11.6 Å². The van der Waals surface area contributed by atoms with Gasteiger partial charge in [0, 0.05) is 25.7 Å². The Kier molecular flexibility index (Phi) is 7.90. The average molecular weight is 519 g/mol. The van der Waals surface area contributed by atoms with Crippen molar-refractivity contribution in [2.45, 2.75) is 30.7 Å². The summed E-state index contributed by atoms with van der Waals surface area (Å²) < 4.78 is 64.8. The zero-order valence-corrected chi connectivity index (χ0v) is 19.8. The normalized spacial score (nSPS) is 14.4. The Bertz CT molecular complexity index is 1050. The van der Waals surface area contributed by atoms with E-state index < -0.39 is 26.6 Å². The van der Waals surface area contributed by atoms with Gasteiger partial charge >= 0.3 is 0 Å². The van der Waals surface area contributed by atoms with Crippen molar-refractivity contribution < 1.29 is 26.7 Å². The van der Waals surface area contributed by atoms with Crippen LogP contribution in [0.2, 0.25) is 0 Å². The zero-order chi connectivity index (χ0) is 22.6. The molecule has 0 atom stereocenters. The number of ether oxygens (including phenoxy) is 2. The van der Waals surface area contributed by atoms with Gasteiger partial charge in [-0.3, -0.25) is 4.90 Å². The van der Waals surface area contributed by atoms with E-state index in [0.717, 1.165) is 44.3 Å². The maximum Gasteiger partial charge on any atom is 0.243 e. The van der Waals surface area contributed by atoms with Crippen molar-refractivity contribution >= 4 is 26.0 Å². The second kappa shape index (κ2) is 10.2. The fourth-order valence-electron chi connectivity index (χ4n) is 3.59. The van der Waals surface area contributed by atoms with E-state index in [1.165, 1.54) is 11.1 Å². The third-order valence-electron chi connectivity index (χ3n) is 5.25. The molecule has 3 rings (SSSR count). The summed E-state index contributed by atoms with van der Waals surface area (Å²) in [6.07, 6.45) is 2.28. The van der Waals surface area contributed by atoms with Crippen LogP contribution >= 0.6 is 15.9 Å². The van der Waals surface area contributed by atoms with Crippen LogP contribution < -0.4 is 14.2 Å². The van der Waals surface area contributed by atoms with Gasteiger partial charge in [0.2, 0.25) is 10.0 Å². The molecule has 0 fully saturated rings. The number of nitrogens with zero attached hydrogens (tertiary/aromatic N) is 1. The molecular formula is C21H25BrF2N2O4S. The van der Waals surface area contributed by atoms with Gasteiger partial charge in [0.1, 0.15) is 16.5 Å². The predicted octanol–water partition coefficient (Wildman–Crippen LogP) is 3.86. The van der Waals surface area contributed by atoms with Crippen molar-refractivity contribution in [3.8, 4) is 11.5 Å². The summed E-state index contributed by atoms with van der Waals surface area (Å²) in [6, 6.07) is 5.51. The fourth-order valence-corrected chi connectivity index (χ4v) is 5.24. The van der Waals surface area contributed by atoms with Crippen molar-refractivity contribution in [2.75, 3.05) is 33.9 Å². The first kappa shape index (κ1) is 23.9. The first-order chi connectivity index (χ1) is 14.7. The molecule has 2 aromatic rings. The second-order valence-corrected chi connectivity index (χ2v) is 9.89. The van der Waals surface area contributed by atoms with Crippen LogP contribution in [0.15, 0.2) is 33.6 Å². The predicted molar refractivity (Wildman–Crippen MR) is 117 cm³/mol. The van der Waals surface area contributed by atoms with Crippen molar-refractivity contribution in [1.29, 1.82) is 0 Å². The standard InChI is InChI=1S/C21H25BrF2N2O4S/c1-29-19-9-14-5-8-26(13-15(14)10-20(19)30-2)7-4-3-6-25-31(27,28)21-11-16(22)17(23)12-18(21)24/h9-12,25H,3-8,13H2,1-2H3. The molecule has 6 nitrogen and oxygen atoms in total. The minimum Gasteiger partial charge on any atom is -0.493 e. The van der Waals surface area contributed by atoms with Gasteiger partial charge < -0.3 is 9.47 Å². The minimum atomic E-state index is -4.05. The van der Waals surface area contributed by atoms with E-state index in [-0.39, 0.29) is 11.0 Å². The molecule has 0 amide bonds. The van der Waals surface area contributed by atoms with Crippen LogP contribution in [0.25, 0.3) is 0 Å². The number of rotatable bonds is 9. The number of benzene rings is 2. The molecule has 0 radical (unpaired) electrons. The molecule has 31 heavy (non-hydrogen) atoms. The second-order valence-electron chi connectivity index (χ2n) is 7.30. The van der Waals surface area contributed by atoms with Gasteiger partial charge in [-0.15, -0.1) is 0 Å². The van der Waals surface area contributed by atoms with Crippen molar-refractivity contribution in [3.05, 3.63) is 51.5 Å². The smallest absolute Gasteiger partial charge is 0.243 e. The number of unbranched alkanes of at least 4 members (excludes halogenated alkanes) is 1. The monoisotopic (exact) mass is 518 g/mol. The number of methoxy groups -OCH3 is 2. The van der Waals surface area contributed by atoms with Gasteiger partial charge in [-0.2, -0.15) is 0 Å². The van der Waals surface area contributed by atoms with Crippen LogP contribution in [-0.2, 0) is 23.0 Å². The number of fused-ring (bicyclic) bond motifs is 1. The first-order valence-electron chi connectivity index (χ1n) is 9.85. The number of halogens is 3. The molecule has 1 aliphatic heterocycles. The minimum absolute atomic E-state index is 0.103. The topological polar surface area (TPSA) is 67.9 Å². The lowest BCUT2D eigenvalue weighted by Gasteiger charge is -2.29. The molecule has 0 bridgehead atoms. The molecule has 1 aliphatic rings. The van der Waals surface area contributed by atoms with Gasteiger partial charge in [0.25, 0.3) is 0 Å². The third-order valence-corrected chi connectivity index (χ3v) is 7.34. The van der Waals surface area contributed by atoms with E-state index in [1.807, 2.05) is 12.1 Å². The van der Waals surface area contributed by atoms with Crippen molar-refractivity contribution in [3.63, 3.8) is 0 Å². The van der Waals surface area contributed by atoms with Gasteiger partial charge in [-0.1, -0.05) is 0 Å². The Morgan fingerprint density at radius 2 is 1.71 bits per heavy atom. The fraction of sp³-hybridized carbons (Fsp3) is 0.429. The Balaban J connectivity index is 1.49. The third kappa shape index (κ3) is 5.74. The molecule has 0 saturated carbocycles. The molecule has 170 valence electrons.